The SMILES string of the molecule is CCOC(=O)/C=C/c1c(C)ncn1C(c1ccccc1)(c1ccccc1)c1ccccc1. The first-order chi connectivity index (χ1) is 15.7. The van der Waals surface area contributed by atoms with E-state index < -0.39 is 5.54 Å². The van der Waals surface area contributed by atoms with E-state index in [1.54, 1.807) is 13.0 Å². The lowest BCUT2D eigenvalue weighted by Crippen LogP contribution is -2.38. The topological polar surface area (TPSA) is 44.1 Å². The third kappa shape index (κ3) is 3.87. The van der Waals surface area contributed by atoms with E-state index in [9.17, 15) is 4.79 Å². The van der Waals surface area contributed by atoms with Gasteiger partial charge in [-0.2, -0.15) is 0 Å². The molecule has 0 amide bonds. The average Bonchev–Trinajstić information content (AvgIpc) is 3.21. The standard InChI is InChI=1S/C28H26N2O2/c1-3-32-27(31)20-19-26-22(2)29-21-30(26)28(23-13-7-4-8-14-23,24-15-9-5-10-16-24)25-17-11-6-12-18-25/h4-21H,3H2,1-2H3/b20-19+. The lowest BCUT2D eigenvalue weighted by atomic mass is 9.76. The molecule has 0 radical (unpaired) electrons. The minimum atomic E-state index is -0.681. The minimum absolute atomic E-state index is 0.337. The number of esters is 1. The number of rotatable bonds is 7. The molecule has 0 aliphatic carbocycles. The molecule has 0 N–H and O–H groups in total. The Hall–Kier alpha value is -3.92. The number of benzene rings is 3. The molecule has 32 heavy (non-hydrogen) atoms. The predicted octanol–water partition coefficient (Wildman–Crippen LogP) is 5.61. The van der Waals surface area contributed by atoms with Crippen molar-refractivity contribution in [2.75, 3.05) is 6.61 Å². The van der Waals surface area contributed by atoms with E-state index in [2.05, 4.69) is 45.9 Å². The molecule has 4 aromatic rings. The Morgan fingerprint density at radius 3 is 1.78 bits per heavy atom. The number of ether oxygens (including phenoxy) is 1. The van der Waals surface area contributed by atoms with Gasteiger partial charge < -0.3 is 9.30 Å². The van der Waals surface area contributed by atoms with Crippen molar-refractivity contribution < 1.29 is 9.53 Å². The number of aryl methyl sites for hydroxylation is 1. The molecular weight excluding hydrogens is 396 g/mol. The first kappa shape index (κ1) is 21.3. The monoisotopic (exact) mass is 422 g/mol. The third-order valence-corrected chi connectivity index (χ3v) is 5.60. The molecule has 0 unspecified atom stereocenters. The zero-order valence-electron chi connectivity index (χ0n) is 18.3. The van der Waals surface area contributed by atoms with Gasteiger partial charge in [-0.25, -0.2) is 9.78 Å². The maximum atomic E-state index is 12.1. The van der Waals surface area contributed by atoms with Gasteiger partial charge in [0.15, 0.2) is 0 Å². The van der Waals surface area contributed by atoms with E-state index in [1.807, 2.05) is 67.8 Å². The molecule has 4 heteroatoms. The number of aromatic nitrogens is 2. The van der Waals surface area contributed by atoms with Gasteiger partial charge in [0.25, 0.3) is 0 Å². The molecule has 0 saturated heterocycles. The van der Waals surface area contributed by atoms with Crippen LogP contribution in [0.15, 0.2) is 103 Å². The van der Waals surface area contributed by atoms with Gasteiger partial charge in [0.1, 0.15) is 5.54 Å². The molecule has 4 nitrogen and oxygen atoms in total. The molecular formula is C28H26N2O2. The van der Waals surface area contributed by atoms with Crippen molar-refractivity contribution >= 4 is 12.0 Å². The largest absolute Gasteiger partial charge is 0.463 e. The van der Waals surface area contributed by atoms with Crippen LogP contribution in [-0.2, 0) is 15.1 Å². The van der Waals surface area contributed by atoms with Crippen LogP contribution in [0, 0.1) is 6.92 Å². The molecule has 3 aromatic carbocycles. The number of imidazole rings is 1. The molecule has 0 aliphatic heterocycles. The summed E-state index contributed by atoms with van der Waals surface area (Å²) >= 11 is 0. The van der Waals surface area contributed by atoms with Crippen molar-refractivity contribution in [2.45, 2.75) is 19.4 Å². The summed E-state index contributed by atoms with van der Waals surface area (Å²) in [5, 5.41) is 0. The highest BCUT2D eigenvalue weighted by atomic mass is 16.5. The van der Waals surface area contributed by atoms with Crippen LogP contribution in [0.5, 0.6) is 0 Å². The first-order valence-corrected chi connectivity index (χ1v) is 10.7. The molecule has 160 valence electrons. The summed E-state index contributed by atoms with van der Waals surface area (Å²) in [5.41, 5.74) is 4.29. The quantitative estimate of drug-likeness (QED) is 0.221. The first-order valence-electron chi connectivity index (χ1n) is 10.7. The molecule has 0 aliphatic rings. The Balaban J connectivity index is 2.06. The van der Waals surface area contributed by atoms with Gasteiger partial charge in [0.05, 0.1) is 24.3 Å². The fourth-order valence-electron chi connectivity index (χ4n) is 4.21. The van der Waals surface area contributed by atoms with Crippen LogP contribution in [0.4, 0.5) is 0 Å². The lowest BCUT2D eigenvalue weighted by molar-refractivity contribution is -0.137. The van der Waals surface area contributed by atoms with Gasteiger partial charge in [0.2, 0.25) is 0 Å². The lowest BCUT2D eigenvalue weighted by Gasteiger charge is -2.38. The number of nitrogens with zero attached hydrogens (tertiary/aromatic N) is 2. The number of hydrogen-bond donors (Lipinski definition) is 0. The second-order valence-electron chi connectivity index (χ2n) is 7.48. The Kier molecular flexibility index (Phi) is 6.31. The van der Waals surface area contributed by atoms with E-state index in [4.69, 9.17) is 4.74 Å². The van der Waals surface area contributed by atoms with Crippen LogP contribution < -0.4 is 0 Å². The minimum Gasteiger partial charge on any atom is -0.463 e. The molecule has 0 atom stereocenters. The highest BCUT2D eigenvalue weighted by Crippen LogP contribution is 2.42. The second kappa shape index (κ2) is 9.48. The predicted molar refractivity (Wildman–Crippen MR) is 127 cm³/mol. The van der Waals surface area contributed by atoms with Crippen LogP contribution in [-0.4, -0.2) is 22.1 Å². The van der Waals surface area contributed by atoms with Crippen LogP contribution in [0.3, 0.4) is 0 Å². The smallest absolute Gasteiger partial charge is 0.330 e. The fraction of sp³-hybridized carbons (Fsp3) is 0.143. The molecule has 0 spiro atoms. The van der Waals surface area contributed by atoms with E-state index in [1.165, 1.54) is 6.08 Å². The summed E-state index contributed by atoms with van der Waals surface area (Å²) in [7, 11) is 0. The van der Waals surface area contributed by atoms with Crippen molar-refractivity contribution in [3.8, 4) is 0 Å². The summed E-state index contributed by atoms with van der Waals surface area (Å²) in [6.07, 6.45) is 5.12. The normalized spacial score (nSPS) is 11.6. The zero-order valence-corrected chi connectivity index (χ0v) is 18.3. The summed E-state index contributed by atoms with van der Waals surface area (Å²) in [6.45, 7) is 4.09. The number of carbonyl (C=O) groups excluding carboxylic acids is 1. The molecule has 1 heterocycles. The molecule has 0 fully saturated rings. The van der Waals surface area contributed by atoms with Crippen LogP contribution in [0.1, 0.15) is 35.0 Å². The Bertz CT molecular complexity index is 1100. The van der Waals surface area contributed by atoms with Gasteiger partial charge in [-0.1, -0.05) is 91.0 Å². The highest BCUT2D eigenvalue weighted by Gasteiger charge is 2.39. The maximum Gasteiger partial charge on any atom is 0.330 e. The number of hydrogen-bond acceptors (Lipinski definition) is 3. The Morgan fingerprint density at radius 1 is 0.875 bits per heavy atom. The van der Waals surface area contributed by atoms with Crippen molar-refractivity contribution in [3.05, 3.63) is 131 Å². The van der Waals surface area contributed by atoms with Gasteiger partial charge in [0, 0.05) is 6.08 Å². The van der Waals surface area contributed by atoms with Gasteiger partial charge in [-0.15, -0.1) is 0 Å². The Morgan fingerprint density at radius 2 is 1.34 bits per heavy atom. The van der Waals surface area contributed by atoms with Crippen LogP contribution in [0.25, 0.3) is 6.08 Å². The molecule has 4 rings (SSSR count). The van der Waals surface area contributed by atoms with Crippen molar-refractivity contribution in [3.63, 3.8) is 0 Å². The van der Waals surface area contributed by atoms with Gasteiger partial charge >= 0.3 is 5.97 Å². The molecule has 1 aromatic heterocycles. The zero-order chi connectivity index (χ0) is 22.4. The maximum absolute atomic E-state index is 12.1. The van der Waals surface area contributed by atoms with Crippen molar-refractivity contribution in [2.24, 2.45) is 0 Å². The van der Waals surface area contributed by atoms with Crippen LogP contribution >= 0.6 is 0 Å². The van der Waals surface area contributed by atoms with E-state index in [0.717, 1.165) is 28.1 Å². The van der Waals surface area contributed by atoms with E-state index >= 15 is 0 Å². The summed E-state index contributed by atoms with van der Waals surface area (Å²) in [6, 6.07) is 31.2. The second-order valence-corrected chi connectivity index (χ2v) is 7.48. The summed E-state index contributed by atoms with van der Waals surface area (Å²) in [4.78, 5) is 16.7. The van der Waals surface area contributed by atoms with Crippen LogP contribution in [0.2, 0.25) is 0 Å². The Labute approximate surface area is 188 Å². The highest BCUT2D eigenvalue weighted by molar-refractivity contribution is 5.87. The van der Waals surface area contributed by atoms with E-state index in [0.29, 0.717) is 6.61 Å². The fourth-order valence-corrected chi connectivity index (χ4v) is 4.21. The summed E-state index contributed by atoms with van der Waals surface area (Å²) < 4.78 is 7.25. The summed E-state index contributed by atoms with van der Waals surface area (Å²) in [5.74, 6) is -0.371. The average molecular weight is 423 g/mol. The number of carbonyl (C=O) groups is 1. The van der Waals surface area contributed by atoms with Gasteiger partial charge in [-0.3, -0.25) is 0 Å². The van der Waals surface area contributed by atoms with Crippen molar-refractivity contribution in [1.82, 2.24) is 9.55 Å². The molecule has 0 saturated carbocycles. The van der Waals surface area contributed by atoms with Gasteiger partial charge in [-0.05, 0) is 36.6 Å². The van der Waals surface area contributed by atoms with Crippen molar-refractivity contribution in [1.29, 1.82) is 0 Å². The van der Waals surface area contributed by atoms with E-state index in [-0.39, 0.29) is 5.97 Å². The third-order valence-electron chi connectivity index (χ3n) is 5.60. The molecule has 0 bridgehead atoms.